The maximum atomic E-state index is 4.42. The van der Waals surface area contributed by atoms with E-state index < -0.39 is 0 Å². The smallest absolute Gasteiger partial charge is 0.0748 e. The zero-order chi connectivity index (χ0) is 22.2. The first-order valence-corrected chi connectivity index (χ1v) is 10.5. The number of rotatable bonds is 3. The summed E-state index contributed by atoms with van der Waals surface area (Å²) in [7, 11) is 0. The Morgan fingerprint density at radius 1 is 0.636 bits per heavy atom. The molecule has 3 aromatic carbocycles. The molecule has 165 valence electrons. The summed E-state index contributed by atoms with van der Waals surface area (Å²) in [5, 5.41) is 0. The first-order chi connectivity index (χ1) is 15.7. The van der Waals surface area contributed by atoms with Crippen LogP contribution in [0, 0.1) is 26.0 Å². The molecule has 1 radical (unpaired) electrons. The third-order valence-electron chi connectivity index (χ3n) is 4.89. The van der Waals surface area contributed by atoms with E-state index in [0.29, 0.717) is 5.82 Å². The Kier molecular flexibility index (Phi) is 8.77. The number of aromatic nitrogens is 3. The quantitative estimate of drug-likeness (QED) is 0.213. The molecule has 0 aliphatic heterocycles. The van der Waals surface area contributed by atoms with Crippen molar-refractivity contribution in [3.63, 3.8) is 0 Å². The maximum absolute atomic E-state index is 4.42. The molecule has 0 spiro atoms. The minimum atomic E-state index is 0. The maximum Gasteiger partial charge on any atom is 0.0748 e. The number of pyridine rings is 1. The first-order valence-electron chi connectivity index (χ1n) is 10.5. The van der Waals surface area contributed by atoms with E-state index in [1.807, 2.05) is 66.9 Å². The summed E-state index contributed by atoms with van der Waals surface area (Å²) in [5.74, 6) is 0.704. The van der Waals surface area contributed by atoms with Crippen molar-refractivity contribution in [1.29, 1.82) is 0 Å². The molecule has 2 heterocycles. The number of hydrogen-bond donors (Lipinski definition) is 0. The Balaban J connectivity index is 0.000000186. The second kappa shape index (κ2) is 12.0. The standard InChI is InChI=1S/C16H11N2.C13H12N.Ir/c1-2-6-13(7-3-1)14-8-4-9-15(12-14)16-17-10-5-11-18-16;1-10-8-11(2)13(14-9-10)12-6-4-3-5-7-12;/h1-8,10-12H;3-6,8-9H,1-2H3;/q2*-1;. The molecule has 4 heteroatoms. The average Bonchev–Trinajstić information content (AvgIpc) is 2.86. The summed E-state index contributed by atoms with van der Waals surface area (Å²) in [5.41, 5.74) is 7.73. The van der Waals surface area contributed by atoms with Gasteiger partial charge in [-0.25, -0.2) is 0 Å². The molecule has 5 aromatic rings. The third-order valence-corrected chi connectivity index (χ3v) is 4.89. The topological polar surface area (TPSA) is 38.7 Å². The molecule has 0 unspecified atom stereocenters. The van der Waals surface area contributed by atoms with Gasteiger partial charge in [-0.2, -0.15) is 0 Å². The first kappa shape index (κ1) is 24.2. The molecule has 0 aliphatic rings. The van der Waals surface area contributed by atoms with Gasteiger partial charge in [-0.05, 0) is 36.7 Å². The van der Waals surface area contributed by atoms with Crippen molar-refractivity contribution < 1.29 is 20.1 Å². The molecule has 0 aliphatic carbocycles. The molecule has 33 heavy (non-hydrogen) atoms. The van der Waals surface area contributed by atoms with Gasteiger partial charge in [0, 0.05) is 38.7 Å². The summed E-state index contributed by atoms with van der Waals surface area (Å²) >= 11 is 0. The van der Waals surface area contributed by atoms with E-state index >= 15 is 0 Å². The molecule has 5 rings (SSSR count). The van der Waals surface area contributed by atoms with Crippen LogP contribution in [0.3, 0.4) is 0 Å². The Bertz CT molecular complexity index is 1220. The summed E-state index contributed by atoms with van der Waals surface area (Å²) in [6, 6.07) is 34.5. The van der Waals surface area contributed by atoms with Gasteiger partial charge in [0.15, 0.2) is 0 Å². The van der Waals surface area contributed by atoms with Gasteiger partial charge in [0.2, 0.25) is 0 Å². The monoisotopic (exact) mass is 606 g/mol. The molecular formula is C29H23IrN3-2. The van der Waals surface area contributed by atoms with Crippen molar-refractivity contribution in [2.75, 3.05) is 0 Å². The van der Waals surface area contributed by atoms with Crippen LogP contribution in [0.25, 0.3) is 33.8 Å². The molecule has 0 bridgehead atoms. The second-order valence-electron chi connectivity index (χ2n) is 7.38. The van der Waals surface area contributed by atoms with Gasteiger partial charge in [0.25, 0.3) is 0 Å². The van der Waals surface area contributed by atoms with Gasteiger partial charge in [-0.3, -0.25) is 9.97 Å². The minimum absolute atomic E-state index is 0. The zero-order valence-corrected chi connectivity index (χ0v) is 20.9. The van der Waals surface area contributed by atoms with Gasteiger partial charge >= 0.3 is 0 Å². The fraction of sp³-hybridized carbons (Fsp3) is 0.0690. The normalized spacial score (nSPS) is 9.88. The number of hydrogen-bond acceptors (Lipinski definition) is 3. The molecule has 0 fully saturated rings. The largest absolute Gasteiger partial charge is 0.304 e. The number of benzene rings is 3. The molecule has 0 atom stereocenters. The molecule has 0 saturated carbocycles. The predicted molar refractivity (Wildman–Crippen MR) is 130 cm³/mol. The van der Waals surface area contributed by atoms with Crippen molar-refractivity contribution in [3.05, 3.63) is 127 Å². The van der Waals surface area contributed by atoms with Gasteiger partial charge in [-0.15, -0.1) is 71.3 Å². The van der Waals surface area contributed by atoms with Crippen LogP contribution in [0.4, 0.5) is 0 Å². The van der Waals surface area contributed by atoms with E-state index in [-0.39, 0.29) is 20.1 Å². The van der Waals surface area contributed by atoms with Gasteiger partial charge in [0.1, 0.15) is 0 Å². The Morgan fingerprint density at radius 2 is 1.36 bits per heavy atom. The van der Waals surface area contributed by atoms with E-state index in [4.69, 9.17) is 0 Å². The van der Waals surface area contributed by atoms with Gasteiger partial charge in [-0.1, -0.05) is 42.0 Å². The fourth-order valence-electron chi connectivity index (χ4n) is 3.38. The van der Waals surface area contributed by atoms with Crippen LogP contribution in [0.1, 0.15) is 11.1 Å². The molecule has 0 amide bonds. The van der Waals surface area contributed by atoms with E-state index in [2.05, 4.69) is 65.2 Å². The summed E-state index contributed by atoms with van der Waals surface area (Å²) < 4.78 is 0. The van der Waals surface area contributed by atoms with Crippen LogP contribution in [-0.4, -0.2) is 15.0 Å². The van der Waals surface area contributed by atoms with Gasteiger partial charge < -0.3 is 4.98 Å². The Hall–Kier alpha value is -3.46. The van der Waals surface area contributed by atoms with Crippen molar-refractivity contribution in [3.8, 4) is 33.8 Å². The van der Waals surface area contributed by atoms with Crippen LogP contribution >= 0.6 is 0 Å². The van der Waals surface area contributed by atoms with E-state index in [9.17, 15) is 0 Å². The van der Waals surface area contributed by atoms with Crippen molar-refractivity contribution in [2.45, 2.75) is 13.8 Å². The molecule has 2 aromatic heterocycles. The molecule has 0 N–H and O–H groups in total. The van der Waals surface area contributed by atoms with E-state index in [0.717, 1.165) is 22.4 Å². The van der Waals surface area contributed by atoms with Crippen LogP contribution in [0.2, 0.25) is 0 Å². The Labute approximate surface area is 209 Å². The SMILES string of the molecule is Cc1cnc(-c2[c-]cccc2)c(C)c1.[Ir].[c-]1ccc(-c2ccccc2)cc1-c1ncccn1. The third kappa shape index (κ3) is 6.52. The van der Waals surface area contributed by atoms with Crippen molar-refractivity contribution in [2.24, 2.45) is 0 Å². The van der Waals surface area contributed by atoms with Crippen LogP contribution in [0.15, 0.2) is 104 Å². The molecule has 0 saturated heterocycles. The van der Waals surface area contributed by atoms with Crippen LogP contribution < -0.4 is 0 Å². The minimum Gasteiger partial charge on any atom is -0.304 e. The summed E-state index contributed by atoms with van der Waals surface area (Å²) in [6.07, 6.45) is 5.37. The second-order valence-corrected chi connectivity index (χ2v) is 7.38. The van der Waals surface area contributed by atoms with E-state index in [1.165, 1.54) is 16.7 Å². The summed E-state index contributed by atoms with van der Waals surface area (Å²) in [6.45, 7) is 4.13. The number of nitrogens with zero attached hydrogens (tertiary/aromatic N) is 3. The Morgan fingerprint density at radius 3 is 2.06 bits per heavy atom. The van der Waals surface area contributed by atoms with E-state index in [1.54, 1.807) is 12.4 Å². The van der Waals surface area contributed by atoms with Gasteiger partial charge in [0.05, 0.1) is 5.82 Å². The average molecular weight is 606 g/mol. The van der Waals surface area contributed by atoms with Crippen molar-refractivity contribution >= 4 is 0 Å². The fourth-order valence-corrected chi connectivity index (χ4v) is 3.38. The molecule has 3 nitrogen and oxygen atoms in total. The number of aryl methyl sites for hydroxylation is 2. The van der Waals surface area contributed by atoms with Crippen LogP contribution in [0.5, 0.6) is 0 Å². The predicted octanol–water partition coefficient (Wildman–Crippen LogP) is 6.77. The zero-order valence-electron chi connectivity index (χ0n) is 18.5. The van der Waals surface area contributed by atoms with Crippen LogP contribution in [-0.2, 0) is 20.1 Å². The summed E-state index contributed by atoms with van der Waals surface area (Å²) in [4.78, 5) is 12.9. The van der Waals surface area contributed by atoms with Crippen molar-refractivity contribution in [1.82, 2.24) is 15.0 Å². The molecular weight excluding hydrogens is 583 g/mol.